The highest BCUT2D eigenvalue weighted by molar-refractivity contribution is 7.80. The van der Waals surface area contributed by atoms with E-state index in [0.717, 1.165) is 18.6 Å². The Kier molecular flexibility index (Phi) is 3.63. The highest BCUT2D eigenvalue weighted by Gasteiger charge is 2.27. The van der Waals surface area contributed by atoms with Crippen LogP contribution >= 0.6 is 12.6 Å². The van der Waals surface area contributed by atoms with E-state index in [-0.39, 0.29) is 0 Å². The summed E-state index contributed by atoms with van der Waals surface area (Å²) >= 11 is 4.27. The van der Waals surface area contributed by atoms with Crippen molar-refractivity contribution in [2.24, 2.45) is 17.8 Å². The molecule has 0 amide bonds. The van der Waals surface area contributed by atoms with E-state index in [0.29, 0.717) is 23.5 Å². The van der Waals surface area contributed by atoms with Crippen molar-refractivity contribution in [3.05, 3.63) is 0 Å². The van der Waals surface area contributed by atoms with Crippen molar-refractivity contribution in [2.45, 2.75) is 33.1 Å². The molecule has 0 spiro atoms. The van der Waals surface area contributed by atoms with Crippen LogP contribution in [0.25, 0.3) is 0 Å². The van der Waals surface area contributed by atoms with E-state index in [2.05, 4.69) is 19.6 Å². The summed E-state index contributed by atoms with van der Waals surface area (Å²) in [5, 5.41) is 0. The second-order valence-corrected chi connectivity index (χ2v) is 4.43. The summed E-state index contributed by atoms with van der Waals surface area (Å²) in [5.41, 5.74) is 0. The van der Waals surface area contributed by atoms with Crippen molar-refractivity contribution in [3.63, 3.8) is 0 Å². The number of thiol groups is 1. The fourth-order valence-corrected chi connectivity index (χ4v) is 2.12. The van der Waals surface area contributed by atoms with Crippen LogP contribution in [-0.2, 0) is 4.79 Å². The predicted octanol–water partition coefficient (Wildman–Crippen LogP) is 2.56. The van der Waals surface area contributed by atoms with Gasteiger partial charge in [-0.2, -0.15) is 12.6 Å². The first-order valence-electron chi connectivity index (χ1n) is 4.78. The van der Waals surface area contributed by atoms with Crippen LogP contribution in [0.3, 0.4) is 0 Å². The van der Waals surface area contributed by atoms with Crippen molar-refractivity contribution in [1.29, 1.82) is 0 Å². The first-order chi connectivity index (χ1) is 5.65. The molecule has 1 saturated carbocycles. The maximum Gasteiger partial charge on any atom is 0.135 e. The molecule has 0 saturated heterocycles. The van der Waals surface area contributed by atoms with E-state index in [4.69, 9.17) is 0 Å². The summed E-state index contributed by atoms with van der Waals surface area (Å²) in [5.74, 6) is 2.89. The van der Waals surface area contributed by atoms with Gasteiger partial charge in [-0.25, -0.2) is 0 Å². The summed E-state index contributed by atoms with van der Waals surface area (Å²) in [6.45, 7) is 4.24. The second-order valence-electron chi connectivity index (χ2n) is 4.07. The molecule has 0 radical (unpaired) electrons. The zero-order valence-electron chi connectivity index (χ0n) is 7.92. The number of carbonyl (C=O) groups excluding carboxylic acids is 1. The van der Waals surface area contributed by atoms with Gasteiger partial charge in [0.15, 0.2) is 0 Å². The number of ketones is 1. The third-order valence-corrected chi connectivity index (χ3v) is 3.65. The molecule has 2 heteroatoms. The average molecular weight is 186 g/mol. The van der Waals surface area contributed by atoms with Crippen LogP contribution in [0.5, 0.6) is 0 Å². The van der Waals surface area contributed by atoms with E-state index in [1.807, 2.05) is 6.92 Å². The van der Waals surface area contributed by atoms with Gasteiger partial charge >= 0.3 is 0 Å². The van der Waals surface area contributed by atoms with E-state index in [1.165, 1.54) is 6.42 Å². The van der Waals surface area contributed by atoms with Gasteiger partial charge in [-0.15, -0.1) is 0 Å². The Balaban J connectivity index is 2.45. The molecule has 2 unspecified atom stereocenters. The minimum atomic E-state index is 0.313. The lowest BCUT2D eigenvalue weighted by atomic mass is 9.77. The molecule has 0 N–H and O–H groups in total. The number of hydrogen-bond acceptors (Lipinski definition) is 2. The quantitative estimate of drug-likeness (QED) is 0.656. The molecule has 12 heavy (non-hydrogen) atoms. The molecule has 3 atom stereocenters. The van der Waals surface area contributed by atoms with Crippen LogP contribution in [0.4, 0.5) is 0 Å². The van der Waals surface area contributed by atoms with Gasteiger partial charge in [0.05, 0.1) is 0 Å². The number of hydrogen-bond donors (Lipinski definition) is 1. The SMILES string of the molecule is CC1CC[C@@H](C(C)CS)CC1=O. The number of rotatable bonds is 2. The number of carbonyl (C=O) groups is 1. The van der Waals surface area contributed by atoms with Crippen LogP contribution in [0.15, 0.2) is 0 Å². The Labute approximate surface area is 80.3 Å². The molecular formula is C10H18OS. The molecule has 1 aliphatic carbocycles. The minimum Gasteiger partial charge on any atom is -0.299 e. The van der Waals surface area contributed by atoms with Crippen molar-refractivity contribution in [1.82, 2.24) is 0 Å². The minimum absolute atomic E-state index is 0.313. The Morgan fingerprint density at radius 1 is 1.58 bits per heavy atom. The van der Waals surface area contributed by atoms with Gasteiger partial charge in [-0.05, 0) is 30.4 Å². The van der Waals surface area contributed by atoms with E-state index >= 15 is 0 Å². The first-order valence-corrected chi connectivity index (χ1v) is 5.42. The topological polar surface area (TPSA) is 17.1 Å². The summed E-state index contributed by atoms with van der Waals surface area (Å²) in [4.78, 5) is 11.4. The van der Waals surface area contributed by atoms with Crippen molar-refractivity contribution in [3.8, 4) is 0 Å². The fourth-order valence-electron chi connectivity index (χ4n) is 1.82. The molecule has 0 heterocycles. The van der Waals surface area contributed by atoms with Crippen LogP contribution in [0, 0.1) is 17.8 Å². The Hall–Kier alpha value is 0.0200. The lowest BCUT2D eigenvalue weighted by Crippen LogP contribution is -2.27. The van der Waals surface area contributed by atoms with Crippen molar-refractivity contribution in [2.75, 3.05) is 5.75 Å². The van der Waals surface area contributed by atoms with Gasteiger partial charge in [0.2, 0.25) is 0 Å². The Morgan fingerprint density at radius 2 is 2.25 bits per heavy atom. The van der Waals surface area contributed by atoms with Gasteiger partial charge in [-0.1, -0.05) is 13.8 Å². The third-order valence-electron chi connectivity index (χ3n) is 3.08. The Morgan fingerprint density at radius 3 is 2.75 bits per heavy atom. The van der Waals surface area contributed by atoms with E-state index in [9.17, 15) is 4.79 Å². The normalized spacial score (nSPS) is 33.4. The van der Waals surface area contributed by atoms with Gasteiger partial charge in [0, 0.05) is 12.3 Å². The van der Waals surface area contributed by atoms with Gasteiger partial charge < -0.3 is 0 Å². The standard InChI is InChI=1S/C10H18OS/c1-7-3-4-9(5-10(7)11)8(2)6-12/h7-9,12H,3-6H2,1-2H3/t7?,8?,9-/m1/s1. The third kappa shape index (κ3) is 2.25. The fraction of sp³-hybridized carbons (Fsp3) is 0.900. The highest BCUT2D eigenvalue weighted by Crippen LogP contribution is 2.31. The molecule has 1 fully saturated rings. The maximum atomic E-state index is 11.4. The lowest BCUT2D eigenvalue weighted by molar-refractivity contribution is -0.125. The summed E-state index contributed by atoms with van der Waals surface area (Å²) < 4.78 is 0. The number of Topliss-reactive ketones (excluding diaryl/α,β-unsaturated/α-hetero) is 1. The average Bonchev–Trinajstić information content (AvgIpc) is 2.08. The van der Waals surface area contributed by atoms with Crippen molar-refractivity contribution >= 4 is 18.4 Å². The van der Waals surface area contributed by atoms with Crippen LogP contribution in [0.2, 0.25) is 0 Å². The predicted molar refractivity (Wildman–Crippen MR) is 54.5 cm³/mol. The largest absolute Gasteiger partial charge is 0.299 e. The van der Waals surface area contributed by atoms with E-state index < -0.39 is 0 Å². The monoisotopic (exact) mass is 186 g/mol. The molecule has 0 aromatic heterocycles. The molecular weight excluding hydrogens is 168 g/mol. The molecule has 1 aliphatic rings. The molecule has 0 bridgehead atoms. The molecule has 0 aromatic carbocycles. The smallest absolute Gasteiger partial charge is 0.135 e. The molecule has 70 valence electrons. The molecule has 0 aromatic rings. The van der Waals surface area contributed by atoms with Gasteiger partial charge in [0.25, 0.3) is 0 Å². The van der Waals surface area contributed by atoms with Crippen LogP contribution < -0.4 is 0 Å². The molecule has 0 aliphatic heterocycles. The van der Waals surface area contributed by atoms with Crippen LogP contribution in [-0.4, -0.2) is 11.5 Å². The first kappa shape index (κ1) is 10.1. The maximum absolute atomic E-state index is 11.4. The zero-order chi connectivity index (χ0) is 9.14. The lowest BCUT2D eigenvalue weighted by Gasteiger charge is -2.28. The zero-order valence-corrected chi connectivity index (χ0v) is 8.81. The summed E-state index contributed by atoms with van der Waals surface area (Å²) in [6.07, 6.45) is 3.10. The Bertz CT molecular complexity index is 167. The molecule has 1 rings (SSSR count). The van der Waals surface area contributed by atoms with E-state index in [1.54, 1.807) is 0 Å². The summed E-state index contributed by atoms with van der Waals surface area (Å²) in [6, 6.07) is 0. The molecule has 1 nitrogen and oxygen atoms in total. The van der Waals surface area contributed by atoms with Crippen molar-refractivity contribution < 1.29 is 4.79 Å². The van der Waals surface area contributed by atoms with Gasteiger partial charge in [-0.3, -0.25) is 4.79 Å². The highest BCUT2D eigenvalue weighted by atomic mass is 32.1. The summed E-state index contributed by atoms with van der Waals surface area (Å²) in [7, 11) is 0. The van der Waals surface area contributed by atoms with Crippen LogP contribution in [0.1, 0.15) is 33.1 Å². The van der Waals surface area contributed by atoms with Gasteiger partial charge in [0.1, 0.15) is 5.78 Å². The second kappa shape index (κ2) is 4.31.